The third-order valence-electron chi connectivity index (χ3n) is 2.46. The van der Waals surface area contributed by atoms with Gasteiger partial charge in [-0.2, -0.15) is 0 Å². The van der Waals surface area contributed by atoms with Gasteiger partial charge >= 0.3 is 5.97 Å². The van der Waals surface area contributed by atoms with Crippen molar-refractivity contribution in [3.05, 3.63) is 36.8 Å². The predicted molar refractivity (Wildman–Crippen MR) is 70.6 cm³/mol. The first-order valence-corrected chi connectivity index (χ1v) is 5.95. The monoisotopic (exact) mass is 258 g/mol. The average molecular weight is 258 g/mol. The van der Waals surface area contributed by atoms with Crippen LogP contribution in [0, 0.1) is 0 Å². The Morgan fingerprint density at radius 2 is 2.00 bits per heavy atom. The summed E-state index contributed by atoms with van der Waals surface area (Å²) in [5.41, 5.74) is 1.66. The Morgan fingerprint density at radius 1 is 1.21 bits per heavy atom. The Kier molecular flexibility index (Phi) is 4.39. The second kappa shape index (κ2) is 6.44. The molecule has 6 nitrogen and oxygen atoms in total. The molecule has 19 heavy (non-hydrogen) atoms. The fourth-order valence-electron chi connectivity index (χ4n) is 1.52. The van der Waals surface area contributed by atoms with Crippen LogP contribution < -0.4 is 5.32 Å². The van der Waals surface area contributed by atoms with E-state index >= 15 is 0 Å². The van der Waals surface area contributed by atoms with Crippen LogP contribution in [0.15, 0.2) is 36.8 Å². The van der Waals surface area contributed by atoms with Crippen molar-refractivity contribution in [3.63, 3.8) is 0 Å². The zero-order valence-electron chi connectivity index (χ0n) is 10.3. The van der Waals surface area contributed by atoms with E-state index < -0.39 is 5.97 Å². The number of aliphatic carboxylic acids is 1. The van der Waals surface area contributed by atoms with Crippen molar-refractivity contribution in [1.29, 1.82) is 0 Å². The number of aromatic nitrogens is 3. The maximum absolute atomic E-state index is 10.3. The first-order chi connectivity index (χ1) is 9.25. The summed E-state index contributed by atoms with van der Waals surface area (Å²) in [7, 11) is 0. The molecule has 0 aliphatic rings. The summed E-state index contributed by atoms with van der Waals surface area (Å²) < 4.78 is 0. The number of carboxylic acid groups (broad SMARTS) is 1. The Hall–Kier alpha value is -2.50. The van der Waals surface area contributed by atoms with Gasteiger partial charge in [0.05, 0.1) is 5.69 Å². The highest BCUT2D eigenvalue weighted by Crippen LogP contribution is 2.14. The van der Waals surface area contributed by atoms with Gasteiger partial charge in [0.15, 0.2) is 0 Å². The van der Waals surface area contributed by atoms with Crippen molar-refractivity contribution in [1.82, 2.24) is 15.0 Å². The van der Waals surface area contributed by atoms with Gasteiger partial charge in [-0.3, -0.25) is 9.78 Å². The normalized spacial score (nSPS) is 10.1. The van der Waals surface area contributed by atoms with Crippen molar-refractivity contribution >= 4 is 11.9 Å². The minimum absolute atomic E-state index is 0.138. The van der Waals surface area contributed by atoms with Gasteiger partial charge in [0.25, 0.3) is 0 Å². The molecule has 0 atom stereocenters. The Bertz CT molecular complexity index is 528. The van der Waals surface area contributed by atoms with E-state index in [4.69, 9.17) is 5.11 Å². The smallest absolute Gasteiger partial charge is 0.303 e. The lowest BCUT2D eigenvalue weighted by atomic mass is 10.2. The molecule has 0 fully saturated rings. The first-order valence-electron chi connectivity index (χ1n) is 5.95. The standard InChI is InChI=1S/C13H14N4O2/c18-12(19)5-3-7-15-13-16-8-10(9-17-13)11-4-1-2-6-14-11/h1-2,4,6,8-9H,3,5,7H2,(H,18,19)(H,15,16,17). The lowest BCUT2D eigenvalue weighted by molar-refractivity contribution is -0.137. The molecule has 2 rings (SSSR count). The van der Waals surface area contributed by atoms with Crippen LogP contribution in [-0.2, 0) is 4.79 Å². The van der Waals surface area contributed by atoms with Gasteiger partial charge in [-0.1, -0.05) is 6.07 Å². The van der Waals surface area contributed by atoms with Crippen molar-refractivity contribution in [2.75, 3.05) is 11.9 Å². The molecule has 0 unspecified atom stereocenters. The fraction of sp³-hybridized carbons (Fsp3) is 0.231. The highest BCUT2D eigenvalue weighted by atomic mass is 16.4. The number of hydrogen-bond acceptors (Lipinski definition) is 5. The molecule has 0 saturated heterocycles. The Labute approximate surface area is 110 Å². The summed E-state index contributed by atoms with van der Waals surface area (Å²) in [5, 5.41) is 11.5. The first kappa shape index (κ1) is 12.9. The summed E-state index contributed by atoms with van der Waals surface area (Å²) >= 11 is 0. The summed E-state index contributed by atoms with van der Waals surface area (Å²) in [4.78, 5) is 22.9. The lowest BCUT2D eigenvalue weighted by Crippen LogP contribution is -2.07. The molecule has 0 radical (unpaired) electrons. The third-order valence-corrected chi connectivity index (χ3v) is 2.46. The van der Waals surface area contributed by atoms with Gasteiger partial charge in [0.1, 0.15) is 0 Å². The molecule has 0 aliphatic carbocycles. The van der Waals surface area contributed by atoms with E-state index in [1.165, 1.54) is 0 Å². The molecule has 2 N–H and O–H groups in total. The molecular formula is C13H14N4O2. The van der Waals surface area contributed by atoms with Crippen LogP contribution in [-0.4, -0.2) is 32.6 Å². The minimum atomic E-state index is -0.798. The van der Waals surface area contributed by atoms with Crippen LogP contribution >= 0.6 is 0 Å². The van der Waals surface area contributed by atoms with E-state index in [9.17, 15) is 4.79 Å². The minimum Gasteiger partial charge on any atom is -0.481 e. The molecule has 0 saturated carbocycles. The second-order valence-electron chi connectivity index (χ2n) is 3.93. The Morgan fingerprint density at radius 3 is 2.63 bits per heavy atom. The molecule has 0 aromatic carbocycles. The summed E-state index contributed by atoms with van der Waals surface area (Å²) in [6, 6.07) is 5.64. The van der Waals surface area contributed by atoms with Crippen LogP contribution in [0.2, 0.25) is 0 Å². The molecule has 2 aromatic heterocycles. The van der Waals surface area contributed by atoms with Gasteiger partial charge in [0.2, 0.25) is 5.95 Å². The second-order valence-corrected chi connectivity index (χ2v) is 3.93. The van der Waals surface area contributed by atoms with Crippen LogP contribution in [0.4, 0.5) is 5.95 Å². The number of pyridine rings is 1. The highest BCUT2D eigenvalue weighted by molar-refractivity contribution is 5.66. The van der Waals surface area contributed by atoms with E-state index in [1.807, 2.05) is 18.2 Å². The van der Waals surface area contributed by atoms with E-state index in [-0.39, 0.29) is 6.42 Å². The van der Waals surface area contributed by atoms with Crippen molar-refractivity contribution in [2.24, 2.45) is 0 Å². The highest BCUT2D eigenvalue weighted by Gasteiger charge is 2.01. The Balaban J connectivity index is 1.90. The number of nitrogens with one attached hydrogen (secondary N) is 1. The molecule has 0 amide bonds. The van der Waals surface area contributed by atoms with Gasteiger partial charge in [-0.15, -0.1) is 0 Å². The maximum Gasteiger partial charge on any atom is 0.303 e. The molecule has 0 spiro atoms. The van der Waals surface area contributed by atoms with Crippen molar-refractivity contribution < 1.29 is 9.90 Å². The van der Waals surface area contributed by atoms with E-state index in [0.717, 1.165) is 11.3 Å². The van der Waals surface area contributed by atoms with Crippen LogP contribution in [0.25, 0.3) is 11.3 Å². The quantitative estimate of drug-likeness (QED) is 0.768. The molecule has 2 heterocycles. The summed E-state index contributed by atoms with van der Waals surface area (Å²) in [5.74, 6) is -0.307. The van der Waals surface area contributed by atoms with Gasteiger partial charge in [-0.25, -0.2) is 9.97 Å². The maximum atomic E-state index is 10.3. The number of hydrogen-bond donors (Lipinski definition) is 2. The number of rotatable bonds is 6. The van der Waals surface area contributed by atoms with E-state index in [0.29, 0.717) is 18.9 Å². The number of carboxylic acids is 1. The zero-order chi connectivity index (χ0) is 13.5. The largest absolute Gasteiger partial charge is 0.481 e. The van der Waals surface area contributed by atoms with Gasteiger partial charge in [-0.05, 0) is 18.6 Å². The zero-order valence-corrected chi connectivity index (χ0v) is 10.3. The van der Waals surface area contributed by atoms with Crippen molar-refractivity contribution in [2.45, 2.75) is 12.8 Å². The van der Waals surface area contributed by atoms with E-state index in [1.54, 1.807) is 18.6 Å². The van der Waals surface area contributed by atoms with Gasteiger partial charge in [0, 0.05) is 37.1 Å². The third kappa shape index (κ3) is 4.02. The predicted octanol–water partition coefficient (Wildman–Crippen LogP) is 1.82. The van der Waals surface area contributed by atoms with Crippen LogP contribution in [0.1, 0.15) is 12.8 Å². The van der Waals surface area contributed by atoms with E-state index in [2.05, 4.69) is 20.3 Å². The lowest BCUT2D eigenvalue weighted by Gasteiger charge is -2.04. The average Bonchev–Trinajstić information content (AvgIpc) is 2.45. The fourth-order valence-corrected chi connectivity index (χ4v) is 1.52. The number of anilines is 1. The summed E-state index contributed by atoms with van der Waals surface area (Å²) in [6.07, 6.45) is 5.77. The SMILES string of the molecule is O=C(O)CCCNc1ncc(-c2ccccn2)cn1. The molecule has 6 heteroatoms. The number of carbonyl (C=O) groups is 1. The molecule has 98 valence electrons. The topological polar surface area (TPSA) is 88.0 Å². The van der Waals surface area contributed by atoms with Crippen molar-refractivity contribution in [3.8, 4) is 11.3 Å². The molecule has 2 aromatic rings. The van der Waals surface area contributed by atoms with Crippen LogP contribution in [0.3, 0.4) is 0 Å². The molecule has 0 aliphatic heterocycles. The van der Waals surface area contributed by atoms with Gasteiger partial charge < -0.3 is 10.4 Å². The molecular weight excluding hydrogens is 244 g/mol. The summed E-state index contributed by atoms with van der Waals surface area (Å²) in [6.45, 7) is 0.537. The molecule has 0 bridgehead atoms. The van der Waals surface area contributed by atoms with Crippen LogP contribution in [0.5, 0.6) is 0 Å². The number of nitrogens with zero attached hydrogens (tertiary/aromatic N) is 3.